The van der Waals surface area contributed by atoms with Gasteiger partial charge in [-0.25, -0.2) is 4.98 Å². The van der Waals surface area contributed by atoms with Crippen LogP contribution >= 0.6 is 0 Å². The number of anilines is 1. The van der Waals surface area contributed by atoms with Crippen molar-refractivity contribution in [2.75, 3.05) is 5.32 Å². The standard InChI is InChI=1S/C11H17N3/c1-8-7-14(10-5-6-10)11(12-8)13-9-3-2-4-9/h7,9-10H,2-6H2,1H3,(H,12,13). The number of rotatable bonds is 3. The summed E-state index contributed by atoms with van der Waals surface area (Å²) < 4.78 is 2.33. The van der Waals surface area contributed by atoms with E-state index in [0.717, 1.165) is 17.7 Å². The first-order valence-corrected chi connectivity index (χ1v) is 5.65. The summed E-state index contributed by atoms with van der Waals surface area (Å²) in [7, 11) is 0. The molecule has 3 nitrogen and oxygen atoms in total. The normalized spacial score (nSPS) is 22.1. The first-order chi connectivity index (χ1) is 6.83. The van der Waals surface area contributed by atoms with Gasteiger partial charge in [0.1, 0.15) is 0 Å². The second-order valence-corrected chi connectivity index (χ2v) is 4.62. The van der Waals surface area contributed by atoms with Gasteiger partial charge in [0.25, 0.3) is 0 Å². The largest absolute Gasteiger partial charge is 0.353 e. The molecule has 0 radical (unpaired) electrons. The van der Waals surface area contributed by atoms with Crippen molar-refractivity contribution in [2.24, 2.45) is 0 Å². The maximum Gasteiger partial charge on any atom is 0.203 e. The van der Waals surface area contributed by atoms with E-state index < -0.39 is 0 Å². The Labute approximate surface area is 84.5 Å². The fourth-order valence-corrected chi connectivity index (χ4v) is 1.99. The van der Waals surface area contributed by atoms with Crippen molar-refractivity contribution in [2.45, 2.75) is 51.1 Å². The quantitative estimate of drug-likeness (QED) is 0.795. The summed E-state index contributed by atoms with van der Waals surface area (Å²) in [5, 5.41) is 3.54. The third-order valence-electron chi connectivity index (χ3n) is 3.23. The van der Waals surface area contributed by atoms with Gasteiger partial charge >= 0.3 is 0 Å². The van der Waals surface area contributed by atoms with Gasteiger partial charge in [0.2, 0.25) is 5.95 Å². The predicted octanol–water partition coefficient (Wildman–Crippen LogP) is 2.49. The molecule has 0 aliphatic heterocycles. The summed E-state index contributed by atoms with van der Waals surface area (Å²) >= 11 is 0. The highest BCUT2D eigenvalue weighted by Crippen LogP contribution is 2.38. The molecule has 0 aromatic carbocycles. The van der Waals surface area contributed by atoms with Gasteiger partial charge in [0.05, 0.1) is 5.69 Å². The second-order valence-electron chi connectivity index (χ2n) is 4.62. The summed E-state index contributed by atoms with van der Waals surface area (Å²) in [5.41, 5.74) is 1.14. The van der Waals surface area contributed by atoms with Crippen LogP contribution in [-0.4, -0.2) is 15.6 Å². The molecule has 76 valence electrons. The molecule has 0 spiro atoms. The van der Waals surface area contributed by atoms with Gasteiger partial charge in [-0.15, -0.1) is 0 Å². The van der Waals surface area contributed by atoms with E-state index in [-0.39, 0.29) is 0 Å². The Hall–Kier alpha value is -0.990. The fourth-order valence-electron chi connectivity index (χ4n) is 1.99. The molecule has 0 saturated heterocycles. The number of nitrogens with one attached hydrogen (secondary N) is 1. The molecule has 2 fully saturated rings. The molecule has 0 bridgehead atoms. The van der Waals surface area contributed by atoms with E-state index in [1.54, 1.807) is 0 Å². The molecule has 0 atom stereocenters. The van der Waals surface area contributed by atoms with Gasteiger partial charge in [-0.05, 0) is 39.0 Å². The van der Waals surface area contributed by atoms with Crippen LogP contribution in [0.25, 0.3) is 0 Å². The van der Waals surface area contributed by atoms with Crippen molar-refractivity contribution < 1.29 is 0 Å². The van der Waals surface area contributed by atoms with E-state index in [1.165, 1.54) is 32.1 Å². The van der Waals surface area contributed by atoms with Gasteiger partial charge in [-0.1, -0.05) is 0 Å². The topological polar surface area (TPSA) is 29.9 Å². The highest BCUT2D eigenvalue weighted by molar-refractivity contribution is 5.32. The van der Waals surface area contributed by atoms with Crippen molar-refractivity contribution in [3.05, 3.63) is 11.9 Å². The van der Waals surface area contributed by atoms with Crippen molar-refractivity contribution >= 4 is 5.95 Å². The third kappa shape index (κ3) is 1.41. The Morgan fingerprint density at radius 3 is 2.71 bits per heavy atom. The molecule has 1 heterocycles. The molecular weight excluding hydrogens is 174 g/mol. The van der Waals surface area contributed by atoms with Gasteiger partial charge < -0.3 is 9.88 Å². The summed E-state index contributed by atoms with van der Waals surface area (Å²) in [6.45, 7) is 2.07. The number of hydrogen-bond acceptors (Lipinski definition) is 2. The van der Waals surface area contributed by atoms with Crippen LogP contribution in [0.4, 0.5) is 5.95 Å². The first-order valence-electron chi connectivity index (χ1n) is 5.65. The number of aromatic nitrogens is 2. The van der Waals surface area contributed by atoms with Crippen LogP contribution in [0.15, 0.2) is 6.20 Å². The number of aryl methyl sites for hydroxylation is 1. The molecule has 1 aromatic heterocycles. The van der Waals surface area contributed by atoms with Crippen molar-refractivity contribution in [1.82, 2.24) is 9.55 Å². The maximum absolute atomic E-state index is 4.55. The van der Waals surface area contributed by atoms with Gasteiger partial charge in [-0.3, -0.25) is 0 Å². The Kier molecular flexibility index (Phi) is 1.79. The fraction of sp³-hybridized carbons (Fsp3) is 0.727. The molecule has 2 saturated carbocycles. The molecule has 0 amide bonds. The van der Waals surface area contributed by atoms with E-state index in [0.29, 0.717) is 6.04 Å². The minimum Gasteiger partial charge on any atom is -0.353 e. The molecule has 2 aliphatic carbocycles. The Balaban J connectivity index is 1.79. The predicted molar refractivity (Wildman–Crippen MR) is 56.5 cm³/mol. The molecule has 3 rings (SSSR count). The van der Waals surface area contributed by atoms with E-state index in [1.807, 2.05) is 0 Å². The van der Waals surface area contributed by atoms with Gasteiger partial charge in [0.15, 0.2) is 0 Å². The molecule has 14 heavy (non-hydrogen) atoms. The number of nitrogens with zero attached hydrogens (tertiary/aromatic N) is 2. The average Bonchev–Trinajstić information content (AvgIpc) is 2.84. The van der Waals surface area contributed by atoms with Crippen molar-refractivity contribution in [3.8, 4) is 0 Å². The van der Waals surface area contributed by atoms with Crippen LogP contribution in [0.2, 0.25) is 0 Å². The monoisotopic (exact) mass is 191 g/mol. The van der Waals surface area contributed by atoms with Gasteiger partial charge in [0, 0.05) is 18.3 Å². The van der Waals surface area contributed by atoms with Crippen LogP contribution in [0.1, 0.15) is 43.8 Å². The van der Waals surface area contributed by atoms with Crippen LogP contribution in [0.3, 0.4) is 0 Å². The summed E-state index contributed by atoms with van der Waals surface area (Å²) in [6.07, 6.45) is 8.84. The van der Waals surface area contributed by atoms with E-state index in [2.05, 4.69) is 28.0 Å². The zero-order chi connectivity index (χ0) is 9.54. The number of hydrogen-bond donors (Lipinski definition) is 1. The third-order valence-corrected chi connectivity index (χ3v) is 3.23. The molecular formula is C11H17N3. The zero-order valence-corrected chi connectivity index (χ0v) is 8.66. The van der Waals surface area contributed by atoms with Crippen LogP contribution in [0.5, 0.6) is 0 Å². The van der Waals surface area contributed by atoms with Crippen LogP contribution in [0, 0.1) is 6.92 Å². The Morgan fingerprint density at radius 1 is 1.36 bits per heavy atom. The lowest BCUT2D eigenvalue weighted by Gasteiger charge is -2.27. The number of imidazole rings is 1. The first kappa shape index (κ1) is 8.33. The summed E-state index contributed by atoms with van der Waals surface area (Å²) in [5.74, 6) is 1.11. The highest BCUT2D eigenvalue weighted by Gasteiger charge is 2.27. The Morgan fingerprint density at radius 2 is 2.14 bits per heavy atom. The second kappa shape index (κ2) is 3.01. The lowest BCUT2D eigenvalue weighted by Crippen LogP contribution is -2.28. The smallest absolute Gasteiger partial charge is 0.203 e. The molecule has 1 N–H and O–H groups in total. The average molecular weight is 191 g/mol. The molecule has 2 aliphatic rings. The zero-order valence-electron chi connectivity index (χ0n) is 8.66. The van der Waals surface area contributed by atoms with E-state index in [9.17, 15) is 0 Å². The minimum absolute atomic E-state index is 0.689. The van der Waals surface area contributed by atoms with Crippen LogP contribution < -0.4 is 5.32 Å². The van der Waals surface area contributed by atoms with E-state index in [4.69, 9.17) is 0 Å². The van der Waals surface area contributed by atoms with E-state index >= 15 is 0 Å². The highest BCUT2D eigenvalue weighted by atomic mass is 15.2. The SMILES string of the molecule is Cc1cn(C2CC2)c(NC2CCC2)n1. The van der Waals surface area contributed by atoms with Crippen molar-refractivity contribution in [3.63, 3.8) is 0 Å². The minimum atomic E-state index is 0.689. The van der Waals surface area contributed by atoms with Gasteiger partial charge in [-0.2, -0.15) is 0 Å². The van der Waals surface area contributed by atoms with Crippen molar-refractivity contribution in [1.29, 1.82) is 0 Å². The van der Waals surface area contributed by atoms with Crippen LogP contribution in [-0.2, 0) is 0 Å². The molecule has 0 unspecified atom stereocenters. The lowest BCUT2D eigenvalue weighted by molar-refractivity contribution is 0.441. The summed E-state index contributed by atoms with van der Waals surface area (Å²) in [4.78, 5) is 4.55. The lowest BCUT2D eigenvalue weighted by atomic mass is 9.93. The maximum atomic E-state index is 4.55. The molecule has 1 aromatic rings. The molecule has 3 heteroatoms. The summed E-state index contributed by atoms with van der Waals surface area (Å²) in [6, 6.07) is 1.42. The Bertz CT molecular complexity index is 334.